The van der Waals surface area contributed by atoms with E-state index in [2.05, 4.69) is 0 Å². The lowest BCUT2D eigenvalue weighted by atomic mass is 9.72. The number of rotatable bonds is 1. The zero-order valence-corrected chi connectivity index (χ0v) is 6.85. The molecule has 0 aromatic heterocycles. The Morgan fingerprint density at radius 3 is 2.60 bits per heavy atom. The fourth-order valence-electron chi connectivity index (χ4n) is 2.53. The highest BCUT2D eigenvalue weighted by Crippen LogP contribution is 2.48. The summed E-state index contributed by atoms with van der Waals surface area (Å²) in [6.45, 7) is 0. The van der Waals surface area contributed by atoms with E-state index in [0.717, 1.165) is 23.6 Å². The molecule has 2 aliphatic carbocycles. The molecule has 0 saturated heterocycles. The molecule has 0 bridgehead atoms. The molecule has 2 heteroatoms. The SMILES string of the molecule is NC1CC2CC(CCl)CC12. The second-order valence-electron chi connectivity index (χ2n) is 3.82. The minimum Gasteiger partial charge on any atom is -0.327 e. The maximum absolute atomic E-state index is 5.84. The van der Waals surface area contributed by atoms with Crippen molar-refractivity contribution in [3.63, 3.8) is 0 Å². The van der Waals surface area contributed by atoms with Gasteiger partial charge in [0.15, 0.2) is 0 Å². The first-order valence-corrected chi connectivity index (χ1v) is 4.66. The molecule has 0 amide bonds. The number of halogens is 1. The molecule has 2 saturated carbocycles. The lowest BCUT2D eigenvalue weighted by Crippen LogP contribution is -2.44. The fraction of sp³-hybridized carbons (Fsp3) is 1.00. The molecule has 4 atom stereocenters. The molecule has 58 valence electrons. The van der Waals surface area contributed by atoms with Gasteiger partial charge in [0.2, 0.25) is 0 Å². The molecule has 10 heavy (non-hydrogen) atoms. The Bertz CT molecular complexity index is 137. The van der Waals surface area contributed by atoms with Crippen LogP contribution in [0.4, 0.5) is 0 Å². The summed E-state index contributed by atoms with van der Waals surface area (Å²) in [7, 11) is 0. The Kier molecular flexibility index (Phi) is 1.65. The van der Waals surface area contributed by atoms with E-state index < -0.39 is 0 Å². The van der Waals surface area contributed by atoms with Crippen LogP contribution in [0.1, 0.15) is 19.3 Å². The van der Waals surface area contributed by atoms with Gasteiger partial charge in [-0.15, -0.1) is 11.6 Å². The van der Waals surface area contributed by atoms with E-state index in [9.17, 15) is 0 Å². The Labute approximate surface area is 66.9 Å². The van der Waals surface area contributed by atoms with Gasteiger partial charge in [-0.05, 0) is 37.0 Å². The van der Waals surface area contributed by atoms with Crippen LogP contribution in [0.5, 0.6) is 0 Å². The Balaban J connectivity index is 1.93. The van der Waals surface area contributed by atoms with Crippen LogP contribution in [-0.4, -0.2) is 11.9 Å². The van der Waals surface area contributed by atoms with E-state index in [-0.39, 0.29) is 0 Å². The van der Waals surface area contributed by atoms with E-state index in [0.29, 0.717) is 6.04 Å². The van der Waals surface area contributed by atoms with Gasteiger partial charge >= 0.3 is 0 Å². The quantitative estimate of drug-likeness (QED) is 0.578. The summed E-state index contributed by atoms with van der Waals surface area (Å²) < 4.78 is 0. The van der Waals surface area contributed by atoms with Crippen molar-refractivity contribution in [3.8, 4) is 0 Å². The van der Waals surface area contributed by atoms with Crippen LogP contribution in [0.25, 0.3) is 0 Å². The highest BCUT2D eigenvalue weighted by molar-refractivity contribution is 6.18. The zero-order valence-electron chi connectivity index (χ0n) is 6.09. The Morgan fingerprint density at radius 2 is 2.10 bits per heavy atom. The van der Waals surface area contributed by atoms with Crippen LogP contribution >= 0.6 is 11.6 Å². The predicted molar refractivity (Wildman–Crippen MR) is 43.0 cm³/mol. The molecule has 2 N–H and O–H groups in total. The van der Waals surface area contributed by atoms with Crippen molar-refractivity contribution in [2.45, 2.75) is 25.3 Å². The van der Waals surface area contributed by atoms with Gasteiger partial charge in [-0.3, -0.25) is 0 Å². The third-order valence-corrected chi connectivity index (χ3v) is 3.63. The number of hydrogen-bond acceptors (Lipinski definition) is 1. The van der Waals surface area contributed by atoms with Crippen LogP contribution < -0.4 is 5.73 Å². The van der Waals surface area contributed by atoms with Crippen molar-refractivity contribution in [1.82, 2.24) is 0 Å². The summed E-state index contributed by atoms with van der Waals surface area (Å²) in [6.07, 6.45) is 3.91. The zero-order chi connectivity index (χ0) is 7.14. The summed E-state index contributed by atoms with van der Waals surface area (Å²) >= 11 is 5.77. The van der Waals surface area contributed by atoms with Gasteiger partial charge in [0.1, 0.15) is 0 Å². The number of nitrogens with two attached hydrogens (primary N) is 1. The summed E-state index contributed by atoms with van der Waals surface area (Å²) in [5.74, 6) is 3.41. The average Bonchev–Trinajstić information content (AvgIpc) is 2.26. The van der Waals surface area contributed by atoms with E-state index in [1.807, 2.05) is 0 Å². The Morgan fingerprint density at radius 1 is 1.30 bits per heavy atom. The topological polar surface area (TPSA) is 26.0 Å². The van der Waals surface area contributed by atoms with Crippen molar-refractivity contribution in [2.75, 3.05) is 5.88 Å². The standard InChI is InChI=1S/C8H14ClN/c9-4-5-1-6-3-8(10)7(6)2-5/h5-8H,1-4,10H2. The van der Waals surface area contributed by atoms with Gasteiger partial charge in [-0.25, -0.2) is 0 Å². The van der Waals surface area contributed by atoms with Gasteiger partial charge in [0, 0.05) is 11.9 Å². The molecule has 0 radical (unpaired) electrons. The average molecular weight is 160 g/mol. The second kappa shape index (κ2) is 2.38. The molecule has 0 spiro atoms. The van der Waals surface area contributed by atoms with Gasteiger partial charge in [-0.2, -0.15) is 0 Å². The molecule has 0 aromatic carbocycles. The molecule has 2 fully saturated rings. The maximum Gasteiger partial charge on any atom is 0.0251 e. The van der Waals surface area contributed by atoms with Crippen molar-refractivity contribution in [3.05, 3.63) is 0 Å². The van der Waals surface area contributed by atoms with E-state index >= 15 is 0 Å². The maximum atomic E-state index is 5.84. The number of hydrogen-bond donors (Lipinski definition) is 1. The van der Waals surface area contributed by atoms with Gasteiger partial charge in [-0.1, -0.05) is 0 Å². The Hall–Kier alpha value is 0.250. The first-order chi connectivity index (χ1) is 4.81. The summed E-state index contributed by atoms with van der Waals surface area (Å²) in [6, 6.07) is 0.512. The molecule has 2 aliphatic rings. The third-order valence-electron chi connectivity index (χ3n) is 3.19. The highest BCUT2D eigenvalue weighted by atomic mass is 35.5. The first kappa shape index (κ1) is 6.93. The van der Waals surface area contributed by atoms with Crippen LogP contribution in [0.15, 0.2) is 0 Å². The molecular weight excluding hydrogens is 146 g/mol. The number of alkyl halides is 1. The first-order valence-electron chi connectivity index (χ1n) is 4.12. The monoisotopic (exact) mass is 159 g/mol. The predicted octanol–water partition coefficient (Wildman–Crippen LogP) is 1.60. The third kappa shape index (κ3) is 0.876. The van der Waals surface area contributed by atoms with Gasteiger partial charge < -0.3 is 5.73 Å². The second-order valence-corrected chi connectivity index (χ2v) is 4.12. The van der Waals surface area contributed by atoms with Crippen LogP contribution in [-0.2, 0) is 0 Å². The van der Waals surface area contributed by atoms with Crippen LogP contribution in [0, 0.1) is 17.8 Å². The molecule has 1 nitrogen and oxygen atoms in total. The van der Waals surface area contributed by atoms with E-state index in [1.54, 1.807) is 0 Å². The van der Waals surface area contributed by atoms with Crippen molar-refractivity contribution >= 4 is 11.6 Å². The molecule has 4 unspecified atom stereocenters. The molecule has 0 aliphatic heterocycles. The largest absolute Gasteiger partial charge is 0.327 e. The minimum atomic E-state index is 0.512. The summed E-state index contributed by atoms with van der Waals surface area (Å²) in [5, 5.41) is 0. The lowest BCUT2D eigenvalue weighted by Gasteiger charge is -2.37. The molecular formula is C8H14ClN. The molecule has 0 heterocycles. The van der Waals surface area contributed by atoms with Gasteiger partial charge in [0.25, 0.3) is 0 Å². The minimum absolute atomic E-state index is 0.512. The van der Waals surface area contributed by atoms with Gasteiger partial charge in [0.05, 0.1) is 0 Å². The van der Waals surface area contributed by atoms with Crippen molar-refractivity contribution in [1.29, 1.82) is 0 Å². The smallest absolute Gasteiger partial charge is 0.0251 e. The summed E-state index contributed by atoms with van der Waals surface area (Å²) in [4.78, 5) is 0. The molecule has 2 rings (SSSR count). The number of fused-ring (bicyclic) bond motifs is 1. The normalized spacial score (nSPS) is 52.2. The lowest BCUT2D eigenvalue weighted by molar-refractivity contribution is 0.173. The summed E-state index contributed by atoms with van der Waals surface area (Å²) in [5.41, 5.74) is 5.84. The van der Waals surface area contributed by atoms with Crippen LogP contribution in [0.2, 0.25) is 0 Å². The van der Waals surface area contributed by atoms with Crippen molar-refractivity contribution < 1.29 is 0 Å². The van der Waals surface area contributed by atoms with E-state index in [1.165, 1.54) is 19.3 Å². The fourth-order valence-corrected chi connectivity index (χ4v) is 2.78. The molecule has 0 aromatic rings. The van der Waals surface area contributed by atoms with E-state index in [4.69, 9.17) is 17.3 Å². The van der Waals surface area contributed by atoms with Crippen molar-refractivity contribution in [2.24, 2.45) is 23.5 Å². The highest BCUT2D eigenvalue weighted by Gasteiger charge is 2.45. The van der Waals surface area contributed by atoms with Crippen LogP contribution in [0.3, 0.4) is 0 Å².